The number of halogens is 1. The van der Waals surface area contributed by atoms with E-state index in [2.05, 4.69) is 15.9 Å². The number of hydrogen-bond acceptors (Lipinski definition) is 4. The summed E-state index contributed by atoms with van der Waals surface area (Å²) in [6.45, 7) is 2.33. The summed E-state index contributed by atoms with van der Waals surface area (Å²) >= 11 is 3.47. The van der Waals surface area contributed by atoms with Crippen LogP contribution in [0.1, 0.15) is 16.7 Å². The van der Waals surface area contributed by atoms with E-state index < -0.39 is 17.8 Å². The number of nitrogens with zero attached hydrogens (tertiary/aromatic N) is 2. The summed E-state index contributed by atoms with van der Waals surface area (Å²) in [5.74, 6) is -0.915. The minimum absolute atomic E-state index is 0.157. The Kier molecular flexibility index (Phi) is 7.20. The third-order valence-corrected chi connectivity index (χ3v) is 6.56. The summed E-state index contributed by atoms with van der Waals surface area (Å²) < 4.78 is 6.84. The topological polar surface area (TPSA) is 66.9 Å². The normalized spacial score (nSPS) is 13.6. The van der Waals surface area contributed by atoms with E-state index >= 15 is 0 Å². The van der Waals surface area contributed by atoms with Crippen molar-refractivity contribution in [1.82, 2.24) is 0 Å². The molecule has 38 heavy (non-hydrogen) atoms. The number of amides is 4. The van der Waals surface area contributed by atoms with Crippen LogP contribution >= 0.6 is 15.9 Å². The van der Waals surface area contributed by atoms with E-state index in [1.807, 2.05) is 37.3 Å². The van der Waals surface area contributed by atoms with Gasteiger partial charge < -0.3 is 4.74 Å². The molecule has 0 radical (unpaired) electrons. The maximum atomic E-state index is 13.7. The van der Waals surface area contributed by atoms with E-state index in [-0.39, 0.29) is 5.57 Å². The Labute approximate surface area is 228 Å². The third-order valence-electron chi connectivity index (χ3n) is 6.06. The standard InChI is InChI=1S/C31H23BrN2O4/c1-21-12-14-22(15-13-21)20-38-28-17-16-24(32)18-23(28)19-27-29(35)33(25-8-4-2-5-9-25)31(37)34(30(27)36)26-10-6-3-7-11-26/h2-19H,20H2,1H3. The van der Waals surface area contributed by atoms with Crippen LogP contribution in [0.25, 0.3) is 6.08 Å². The lowest BCUT2D eigenvalue weighted by Gasteiger charge is -2.34. The Bertz CT molecular complexity index is 1470. The molecule has 5 rings (SSSR count). The summed E-state index contributed by atoms with van der Waals surface area (Å²) in [5.41, 5.74) is 3.24. The van der Waals surface area contributed by atoms with Gasteiger partial charge in [0.05, 0.1) is 11.4 Å². The molecule has 0 bridgehead atoms. The first-order valence-electron chi connectivity index (χ1n) is 11.9. The van der Waals surface area contributed by atoms with Crippen LogP contribution < -0.4 is 14.5 Å². The summed E-state index contributed by atoms with van der Waals surface area (Å²) in [6.07, 6.45) is 1.48. The Morgan fingerprint density at radius 1 is 0.737 bits per heavy atom. The van der Waals surface area contributed by atoms with Crippen LogP contribution in [0.15, 0.2) is 113 Å². The Morgan fingerprint density at radius 2 is 1.29 bits per heavy atom. The maximum Gasteiger partial charge on any atom is 0.343 e. The van der Waals surface area contributed by atoms with E-state index in [1.54, 1.807) is 72.8 Å². The van der Waals surface area contributed by atoms with Crippen LogP contribution in [0.5, 0.6) is 5.75 Å². The van der Waals surface area contributed by atoms with Crippen molar-refractivity contribution in [2.24, 2.45) is 0 Å². The summed E-state index contributed by atoms with van der Waals surface area (Å²) in [6, 6.07) is 29.8. The summed E-state index contributed by atoms with van der Waals surface area (Å²) in [5, 5.41) is 0. The van der Waals surface area contributed by atoms with E-state index in [4.69, 9.17) is 4.74 Å². The van der Waals surface area contributed by atoms with Gasteiger partial charge in [-0.2, -0.15) is 0 Å². The molecule has 7 heteroatoms. The predicted octanol–water partition coefficient (Wildman–Crippen LogP) is 6.92. The predicted molar refractivity (Wildman–Crippen MR) is 151 cm³/mol. The number of rotatable bonds is 6. The van der Waals surface area contributed by atoms with Crippen molar-refractivity contribution in [1.29, 1.82) is 0 Å². The average Bonchev–Trinajstić information content (AvgIpc) is 2.93. The van der Waals surface area contributed by atoms with E-state index in [0.717, 1.165) is 25.4 Å². The highest BCUT2D eigenvalue weighted by Gasteiger charge is 2.43. The number of anilines is 2. The van der Waals surface area contributed by atoms with Crippen LogP contribution in [0.4, 0.5) is 16.2 Å². The number of carbonyl (C=O) groups excluding carboxylic acids is 3. The van der Waals surface area contributed by atoms with E-state index in [1.165, 1.54) is 6.08 Å². The van der Waals surface area contributed by atoms with Gasteiger partial charge in [0.1, 0.15) is 17.9 Å². The lowest BCUT2D eigenvalue weighted by atomic mass is 10.0. The lowest BCUT2D eigenvalue weighted by molar-refractivity contribution is -0.121. The van der Waals surface area contributed by atoms with Gasteiger partial charge in [0, 0.05) is 10.0 Å². The van der Waals surface area contributed by atoms with Gasteiger partial charge in [-0.25, -0.2) is 14.6 Å². The number of benzene rings is 4. The van der Waals surface area contributed by atoms with E-state index in [0.29, 0.717) is 29.3 Å². The molecule has 0 N–H and O–H groups in total. The third kappa shape index (κ3) is 5.14. The molecule has 0 aromatic heterocycles. The Balaban J connectivity index is 1.57. The lowest BCUT2D eigenvalue weighted by Crippen LogP contribution is -2.57. The number of urea groups is 1. The summed E-state index contributed by atoms with van der Waals surface area (Å²) in [7, 11) is 0. The number of para-hydroxylation sites is 2. The first-order chi connectivity index (χ1) is 18.4. The van der Waals surface area contributed by atoms with Crippen molar-refractivity contribution < 1.29 is 19.1 Å². The molecule has 0 unspecified atom stereocenters. The number of carbonyl (C=O) groups is 3. The van der Waals surface area contributed by atoms with Gasteiger partial charge in [0.15, 0.2) is 0 Å². The molecule has 4 aromatic carbocycles. The monoisotopic (exact) mass is 566 g/mol. The molecular formula is C31H23BrN2O4. The van der Waals surface area contributed by atoms with Crippen molar-refractivity contribution >= 4 is 51.2 Å². The highest BCUT2D eigenvalue weighted by Crippen LogP contribution is 2.32. The molecule has 0 aliphatic carbocycles. The fraction of sp³-hybridized carbons (Fsp3) is 0.0645. The molecule has 4 aromatic rings. The largest absolute Gasteiger partial charge is 0.488 e. The van der Waals surface area contributed by atoms with Crippen molar-refractivity contribution in [3.8, 4) is 5.75 Å². The maximum absolute atomic E-state index is 13.7. The van der Waals surface area contributed by atoms with Crippen molar-refractivity contribution in [3.63, 3.8) is 0 Å². The molecule has 0 atom stereocenters. The summed E-state index contributed by atoms with van der Waals surface area (Å²) in [4.78, 5) is 42.9. The molecule has 4 amide bonds. The SMILES string of the molecule is Cc1ccc(COc2ccc(Br)cc2C=C2C(=O)N(c3ccccc3)C(=O)N(c3ccccc3)C2=O)cc1. The number of aryl methyl sites for hydroxylation is 1. The fourth-order valence-corrected chi connectivity index (χ4v) is 4.48. The zero-order valence-corrected chi connectivity index (χ0v) is 22.1. The van der Waals surface area contributed by atoms with Crippen molar-refractivity contribution in [2.45, 2.75) is 13.5 Å². The minimum Gasteiger partial charge on any atom is -0.488 e. The van der Waals surface area contributed by atoms with Crippen molar-refractivity contribution in [3.05, 3.63) is 130 Å². The Morgan fingerprint density at radius 3 is 1.84 bits per heavy atom. The highest BCUT2D eigenvalue weighted by molar-refractivity contribution is 9.10. The first kappa shape index (κ1) is 25.2. The molecule has 1 heterocycles. The quantitative estimate of drug-likeness (QED) is 0.187. The average molecular weight is 567 g/mol. The van der Waals surface area contributed by atoms with Gasteiger partial charge in [0.2, 0.25) is 0 Å². The van der Waals surface area contributed by atoms with Gasteiger partial charge in [-0.1, -0.05) is 82.2 Å². The second kappa shape index (κ2) is 10.9. The molecule has 0 saturated carbocycles. The molecule has 6 nitrogen and oxygen atoms in total. The van der Waals surface area contributed by atoms with Crippen LogP contribution in [0, 0.1) is 6.92 Å². The molecule has 1 saturated heterocycles. The van der Waals surface area contributed by atoms with Crippen LogP contribution in [0.2, 0.25) is 0 Å². The second-order valence-corrected chi connectivity index (χ2v) is 9.66. The van der Waals surface area contributed by atoms with Gasteiger partial charge in [-0.3, -0.25) is 9.59 Å². The van der Waals surface area contributed by atoms with Crippen LogP contribution in [0.3, 0.4) is 0 Å². The number of hydrogen-bond donors (Lipinski definition) is 0. The van der Waals surface area contributed by atoms with Gasteiger partial charge in [-0.05, 0) is 61.0 Å². The number of imide groups is 2. The van der Waals surface area contributed by atoms with Crippen molar-refractivity contribution in [2.75, 3.05) is 9.80 Å². The number of ether oxygens (including phenoxy) is 1. The molecular weight excluding hydrogens is 544 g/mol. The zero-order valence-electron chi connectivity index (χ0n) is 20.5. The van der Waals surface area contributed by atoms with Gasteiger partial charge in [0.25, 0.3) is 11.8 Å². The highest BCUT2D eigenvalue weighted by atomic mass is 79.9. The molecule has 1 aliphatic rings. The minimum atomic E-state index is -0.736. The van der Waals surface area contributed by atoms with Gasteiger partial charge in [-0.15, -0.1) is 0 Å². The molecule has 1 aliphatic heterocycles. The van der Waals surface area contributed by atoms with Crippen LogP contribution in [-0.4, -0.2) is 17.8 Å². The fourth-order valence-electron chi connectivity index (χ4n) is 4.10. The Hall–Kier alpha value is -4.49. The van der Waals surface area contributed by atoms with Gasteiger partial charge >= 0.3 is 6.03 Å². The number of barbiturate groups is 1. The molecule has 188 valence electrons. The van der Waals surface area contributed by atoms with E-state index in [9.17, 15) is 14.4 Å². The van der Waals surface area contributed by atoms with Crippen LogP contribution in [-0.2, 0) is 16.2 Å². The zero-order chi connectivity index (χ0) is 26.6. The second-order valence-electron chi connectivity index (χ2n) is 8.75. The smallest absolute Gasteiger partial charge is 0.343 e. The molecule has 1 fully saturated rings. The first-order valence-corrected chi connectivity index (χ1v) is 12.7. The molecule has 0 spiro atoms.